The zero-order valence-electron chi connectivity index (χ0n) is 5.59. The van der Waals surface area contributed by atoms with Gasteiger partial charge in [-0.2, -0.15) is 0 Å². The number of nitrogens with one attached hydrogen (secondary N) is 1. The summed E-state index contributed by atoms with van der Waals surface area (Å²) < 4.78 is 0.734. The van der Waals surface area contributed by atoms with Crippen LogP contribution in [-0.4, -0.2) is 16.6 Å². The van der Waals surface area contributed by atoms with Crippen LogP contribution in [0, 0.1) is 12.3 Å². The van der Waals surface area contributed by atoms with Gasteiger partial charge in [-0.1, -0.05) is 36.0 Å². The van der Waals surface area contributed by atoms with Gasteiger partial charge in [0, 0.05) is 5.75 Å². The largest absolute Gasteiger partial charge is 0.360 e. The van der Waals surface area contributed by atoms with Crippen molar-refractivity contribution in [3.8, 4) is 12.3 Å². The third-order valence-corrected chi connectivity index (χ3v) is 1.97. The van der Waals surface area contributed by atoms with Crippen LogP contribution in [0.15, 0.2) is 12.7 Å². The minimum absolute atomic E-state index is 0.503. The predicted molar refractivity (Wildman–Crippen MR) is 52.1 cm³/mol. The van der Waals surface area contributed by atoms with Crippen LogP contribution in [0.4, 0.5) is 0 Å². The van der Waals surface area contributed by atoms with Gasteiger partial charge in [0.05, 0.1) is 6.54 Å². The fourth-order valence-corrected chi connectivity index (χ4v) is 1.03. The zero-order chi connectivity index (χ0) is 7.82. The van der Waals surface area contributed by atoms with Gasteiger partial charge in [0.2, 0.25) is 0 Å². The molecule has 0 unspecified atom stereocenters. The van der Waals surface area contributed by atoms with Crippen molar-refractivity contribution in [3.05, 3.63) is 12.7 Å². The van der Waals surface area contributed by atoms with Crippen molar-refractivity contribution in [2.45, 2.75) is 0 Å². The summed E-state index contributed by atoms with van der Waals surface area (Å²) in [7, 11) is 0. The second kappa shape index (κ2) is 6.66. The molecule has 0 heterocycles. The highest BCUT2D eigenvalue weighted by atomic mass is 32.2. The normalized spacial score (nSPS) is 7.90. The molecule has 0 amide bonds. The Morgan fingerprint density at radius 2 is 2.60 bits per heavy atom. The van der Waals surface area contributed by atoms with E-state index in [1.807, 2.05) is 0 Å². The van der Waals surface area contributed by atoms with Gasteiger partial charge in [-0.3, -0.25) is 0 Å². The van der Waals surface area contributed by atoms with E-state index < -0.39 is 0 Å². The number of thiocarbonyl (C=S) groups is 1. The highest BCUT2D eigenvalue weighted by Crippen LogP contribution is 2.00. The lowest BCUT2D eigenvalue weighted by molar-refractivity contribution is 1.11. The highest BCUT2D eigenvalue weighted by molar-refractivity contribution is 8.23. The van der Waals surface area contributed by atoms with Crippen LogP contribution in [0.3, 0.4) is 0 Å². The van der Waals surface area contributed by atoms with E-state index in [-0.39, 0.29) is 0 Å². The summed E-state index contributed by atoms with van der Waals surface area (Å²) in [6, 6.07) is 0. The first kappa shape index (κ1) is 9.54. The average Bonchev–Trinajstić information content (AvgIpc) is 1.97. The van der Waals surface area contributed by atoms with Gasteiger partial charge < -0.3 is 5.32 Å². The molecule has 0 aromatic carbocycles. The minimum atomic E-state index is 0.503. The predicted octanol–water partition coefficient (Wildman–Crippen LogP) is 1.41. The fourth-order valence-electron chi connectivity index (χ4n) is 0.309. The van der Waals surface area contributed by atoms with Gasteiger partial charge >= 0.3 is 0 Å². The molecule has 1 nitrogen and oxygen atoms in total. The lowest BCUT2D eigenvalue weighted by Gasteiger charge is -1.99. The molecular formula is C7H9NS2. The van der Waals surface area contributed by atoms with Crippen molar-refractivity contribution in [2.24, 2.45) is 0 Å². The Balaban J connectivity index is 3.27. The van der Waals surface area contributed by atoms with Gasteiger partial charge in [0.1, 0.15) is 4.32 Å². The summed E-state index contributed by atoms with van der Waals surface area (Å²) >= 11 is 6.42. The lowest BCUT2D eigenvalue weighted by Crippen LogP contribution is -2.18. The van der Waals surface area contributed by atoms with Crippen molar-refractivity contribution < 1.29 is 0 Å². The van der Waals surface area contributed by atoms with Gasteiger partial charge in [-0.15, -0.1) is 13.0 Å². The quantitative estimate of drug-likeness (QED) is 0.392. The smallest absolute Gasteiger partial charge is 0.134 e. The van der Waals surface area contributed by atoms with E-state index in [2.05, 4.69) is 17.8 Å². The molecule has 0 fully saturated rings. The summed E-state index contributed by atoms with van der Waals surface area (Å²) in [4.78, 5) is 0. The molecule has 0 aromatic rings. The van der Waals surface area contributed by atoms with E-state index in [0.29, 0.717) is 6.54 Å². The van der Waals surface area contributed by atoms with Crippen LogP contribution in [0.5, 0.6) is 0 Å². The van der Waals surface area contributed by atoms with Crippen LogP contribution in [0.1, 0.15) is 0 Å². The molecule has 0 atom stereocenters. The molecule has 0 aliphatic heterocycles. The monoisotopic (exact) mass is 171 g/mol. The Kier molecular flexibility index (Phi) is 6.35. The Labute approximate surface area is 71.3 Å². The number of thioether (sulfide) groups is 1. The van der Waals surface area contributed by atoms with E-state index in [1.165, 1.54) is 11.8 Å². The molecule has 0 aromatic heterocycles. The topological polar surface area (TPSA) is 12.0 Å². The standard InChI is InChI=1S/C7H9NS2/c1-3-5-8-7(9)10-6-4-2/h1,4H,2,5-6H2,(H,8,9). The Morgan fingerprint density at radius 3 is 3.10 bits per heavy atom. The fraction of sp³-hybridized carbons (Fsp3) is 0.286. The van der Waals surface area contributed by atoms with E-state index in [0.717, 1.165) is 10.1 Å². The highest BCUT2D eigenvalue weighted by Gasteiger charge is 1.90. The first-order valence-corrected chi connectivity index (χ1v) is 4.15. The van der Waals surface area contributed by atoms with E-state index in [9.17, 15) is 0 Å². The van der Waals surface area contributed by atoms with E-state index in [4.69, 9.17) is 18.6 Å². The Bertz CT molecular complexity index is 157. The van der Waals surface area contributed by atoms with Crippen LogP contribution < -0.4 is 5.32 Å². The SMILES string of the molecule is C#CCNC(=S)SCC=C. The number of hydrogen-bond acceptors (Lipinski definition) is 2. The van der Waals surface area contributed by atoms with Crippen LogP contribution >= 0.6 is 24.0 Å². The first-order valence-electron chi connectivity index (χ1n) is 2.76. The third-order valence-electron chi connectivity index (χ3n) is 0.667. The molecular weight excluding hydrogens is 162 g/mol. The van der Waals surface area contributed by atoms with Crippen molar-refractivity contribution in [3.63, 3.8) is 0 Å². The zero-order valence-corrected chi connectivity index (χ0v) is 7.23. The minimum Gasteiger partial charge on any atom is -0.360 e. The van der Waals surface area contributed by atoms with Gasteiger partial charge in [-0.05, 0) is 0 Å². The molecule has 0 aliphatic carbocycles. The van der Waals surface area contributed by atoms with Gasteiger partial charge in [0.25, 0.3) is 0 Å². The third kappa shape index (κ3) is 5.67. The van der Waals surface area contributed by atoms with E-state index >= 15 is 0 Å². The Morgan fingerprint density at radius 1 is 1.90 bits per heavy atom. The summed E-state index contributed by atoms with van der Waals surface area (Å²) in [5.74, 6) is 3.27. The molecule has 3 heteroatoms. The lowest BCUT2D eigenvalue weighted by atomic mass is 10.7. The first-order chi connectivity index (χ1) is 4.81. The molecule has 0 spiro atoms. The summed E-state index contributed by atoms with van der Waals surface area (Å²) in [5, 5.41) is 2.88. The molecule has 0 radical (unpaired) electrons. The maximum absolute atomic E-state index is 5.00. The Hall–Kier alpha value is -0.460. The molecule has 0 saturated heterocycles. The van der Waals surface area contributed by atoms with Crippen molar-refractivity contribution in [1.82, 2.24) is 5.32 Å². The van der Waals surface area contributed by atoms with Gasteiger partial charge in [0.15, 0.2) is 0 Å². The molecule has 0 bridgehead atoms. The molecule has 54 valence electrons. The van der Waals surface area contributed by atoms with Gasteiger partial charge in [-0.25, -0.2) is 0 Å². The average molecular weight is 171 g/mol. The summed E-state index contributed by atoms with van der Waals surface area (Å²) in [6.45, 7) is 4.07. The number of terminal acetylenes is 1. The molecule has 1 N–H and O–H groups in total. The number of hydrogen-bond donors (Lipinski definition) is 1. The molecule has 10 heavy (non-hydrogen) atoms. The molecule has 0 aliphatic rings. The van der Waals surface area contributed by atoms with Crippen LogP contribution in [-0.2, 0) is 0 Å². The molecule has 0 rings (SSSR count). The van der Waals surface area contributed by atoms with Crippen LogP contribution in [0.2, 0.25) is 0 Å². The van der Waals surface area contributed by atoms with Crippen molar-refractivity contribution in [2.75, 3.05) is 12.3 Å². The van der Waals surface area contributed by atoms with E-state index in [1.54, 1.807) is 6.08 Å². The summed E-state index contributed by atoms with van der Waals surface area (Å²) in [6.07, 6.45) is 6.80. The van der Waals surface area contributed by atoms with Crippen molar-refractivity contribution >= 4 is 28.3 Å². The second-order valence-electron chi connectivity index (χ2n) is 1.44. The van der Waals surface area contributed by atoms with Crippen molar-refractivity contribution in [1.29, 1.82) is 0 Å². The maximum atomic E-state index is 5.00. The summed E-state index contributed by atoms with van der Waals surface area (Å²) in [5.41, 5.74) is 0. The van der Waals surface area contributed by atoms with Crippen LogP contribution in [0.25, 0.3) is 0 Å². The molecule has 0 saturated carbocycles. The maximum Gasteiger partial charge on any atom is 0.134 e. The second-order valence-corrected chi connectivity index (χ2v) is 3.14. The number of rotatable bonds is 3.